The van der Waals surface area contributed by atoms with Crippen LogP contribution < -0.4 is 14.9 Å². The van der Waals surface area contributed by atoms with Crippen molar-refractivity contribution in [2.75, 3.05) is 22.0 Å². The number of anilines is 3. The Balaban J connectivity index is 1.85. The number of hydrogen-bond acceptors (Lipinski definition) is 4. The highest BCUT2D eigenvalue weighted by atomic mass is 35.5. The second-order valence-corrected chi connectivity index (χ2v) is 9.22. The predicted octanol–water partition coefficient (Wildman–Crippen LogP) is 4.51. The lowest BCUT2D eigenvalue weighted by atomic mass is 10.2. The molecule has 2 N–H and O–H groups in total. The molecule has 2 amide bonds. The van der Waals surface area contributed by atoms with Crippen LogP contribution in [0.5, 0.6) is 0 Å². The molecule has 0 atom stereocenters. The van der Waals surface area contributed by atoms with E-state index in [9.17, 15) is 22.4 Å². The number of nitrogens with zero attached hydrogens (tertiary/aromatic N) is 1. The van der Waals surface area contributed by atoms with Crippen LogP contribution in [0.1, 0.15) is 17.3 Å². The molecule has 3 aromatic rings. The number of sulfonamides is 1. The molecule has 166 valence electrons. The van der Waals surface area contributed by atoms with Gasteiger partial charge in [-0.3, -0.25) is 13.9 Å². The van der Waals surface area contributed by atoms with Crippen LogP contribution in [0.2, 0.25) is 5.02 Å². The second kappa shape index (κ2) is 9.37. The van der Waals surface area contributed by atoms with E-state index >= 15 is 0 Å². The van der Waals surface area contributed by atoms with Gasteiger partial charge in [0.05, 0.1) is 16.3 Å². The van der Waals surface area contributed by atoms with Gasteiger partial charge in [-0.15, -0.1) is 0 Å². The summed E-state index contributed by atoms with van der Waals surface area (Å²) in [6.07, 6.45) is 0. The van der Waals surface area contributed by atoms with Crippen molar-refractivity contribution in [3.05, 3.63) is 83.1 Å². The number of carbonyl (C=O) groups excluding carboxylic acids is 2. The molecule has 0 aromatic heterocycles. The average Bonchev–Trinajstić information content (AvgIpc) is 2.75. The average molecular weight is 476 g/mol. The summed E-state index contributed by atoms with van der Waals surface area (Å²) in [5.74, 6) is -1.72. The summed E-state index contributed by atoms with van der Waals surface area (Å²) in [5, 5.41) is 5.28. The third kappa shape index (κ3) is 5.24. The molecule has 0 saturated carbocycles. The van der Waals surface area contributed by atoms with Crippen LogP contribution in [-0.2, 0) is 14.8 Å². The van der Waals surface area contributed by atoms with Gasteiger partial charge in [-0.1, -0.05) is 23.7 Å². The van der Waals surface area contributed by atoms with Gasteiger partial charge < -0.3 is 10.6 Å². The van der Waals surface area contributed by atoms with Gasteiger partial charge in [-0.25, -0.2) is 12.8 Å². The lowest BCUT2D eigenvalue weighted by Crippen LogP contribution is -2.26. The summed E-state index contributed by atoms with van der Waals surface area (Å²) in [5.41, 5.74) is 0.583. The first-order valence-corrected chi connectivity index (χ1v) is 11.1. The van der Waals surface area contributed by atoms with E-state index in [1.54, 1.807) is 18.2 Å². The Morgan fingerprint density at radius 3 is 2.38 bits per heavy atom. The number of halogens is 2. The third-order valence-electron chi connectivity index (χ3n) is 4.46. The number of hydrogen-bond donors (Lipinski definition) is 2. The van der Waals surface area contributed by atoms with E-state index in [0.717, 1.165) is 10.4 Å². The highest BCUT2D eigenvalue weighted by molar-refractivity contribution is 7.92. The maximum Gasteiger partial charge on any atom is 0.264 e. The summed E-state index contributed by atoms with van der Waals surface area (Å²) in [6, 6.07) is 15.6. The molecule has 3 aromatic carbocycles. The molecule has 0 spiro atoms. The van der Waals surface area contributed by atoms with Gasteiger partial charge in [0, 0.05) is 30.2 Å². The highest BCUT2D eigenvalue weighted by Crippen LogP contribution is 2.25. The van der Waals surface area contributed by atoms with E-state index in [0.29, 0.717) is 10.7 Å². The van der Waals surface area contributed by atoms with Crippen molar-refractivity contribution >= 4 is 50.5 Å². The van der Waals surface area contributed by atoms with Crippen molar-refractivity contribution < 1.29 is 22.4 Å². The van der Waals surface area contributed by atoms with Gasteiger partial charge in [0.15, 0.2) is 0 Å². The molecule has 0 aliphatic carbocycles. The Labute approximate surface area is 189 Å². The molecule has 0 unspecified atom stereocenters. The quantitative estimate of drug-likeness (QED) is 0.548. The molecule has 0 heterocycles. The van der Waals surface area contributed by atoms with Crippen LogP contribution >= 0.6 is 11.6 Å². The van der Waals surface area contributed by atoms with Crippen LogP contribution in [0.15, 0.2) is 71.6 Å². The fourth-order valence-electron chi connectivity index (χ4n) is 2.86. The van der Waals surface area contributed by atoms with Crippen LogP contribution in [0.25, 0.3) is 0 Å². The number of amides is 2. The molecular formula is C22H19ClFN3O4S. The number of nitrogens with one attached hydrogen (secondary N) is 2. The first kappa shape index (κ1) is 23.2. The molecule has 7 nitrogen and oxygen atoms in total. The fourth-order valence-corrected chi connectivity index (χ4v) is 4.28. The zero-order chi connectivity index (χ0) is 23.5. The van der Waals surface area contributed by atoms with Crippen molar-refractivity contribution in [1.29, 1.82) is 0 Å². The van der Waals surface area contributed by atoms with Crippen molar-refractivity contribution in [3.8, 4) is 0 Å². The van der Waals surface area contributed by atoms with E-state index in [4.69, 9.17) is 11.6 Å². The van der Waals surface area contributed by atoms with Crippen molar-refractivity contribution in [2.45, 2.75) is 11.8 Å². The summed E-state index contributed by atoms with van der Waals surface area (Å²) in [4.78, 5) is 23.8. The Kier molecular flexibility index (Phi) is 6.81. The molecule has 0 aliphatic rings. The summed E-state index contributed by atoms with van der Waals surface area (Å²) >= 11 is 5.96. The minimum Gasteiger partial charge on any atom is -0.324 e. The van der Waals surface area contributed by atoms with Crippen LogP contribution in [0, 0.1) is 5.82 Å². The lowest BCUT2D eigenvalue weighted by Gasteiger charge is -2.20. The Morgan fingerprint density at radius 2 is 1.69 bits per heavy atom. The molecule has 0 radical (unpaired) electrons. The molecule has 0 saturated heterocycles. The zero-order valence-corrected chi connectivity index (χ0v) is 18.7. The molecular weight excluding hydrogens is 457 g/mol. The first-order valence-electron chi connectivity index (χ1n) is 9.31. The highest BCUT2D eigenvalue weighted by Gasteiger charge is 2.23. The standard InChI is InChI=1S/C22H19ClFN3O4S/c1-14(28)25-21-13-17(9-10-20(21)24)26-22(29)15-5-3-8-19(11-15)32(30,31)27(2)18-7-4-6-16(23)12-18/h3-13H,1-2H3,(H,25,28)(H,26,29). The lowest BCUT2D eigenvalue weighted by molar-refractivity contribution is -0.114. The van der Waals surface area contributed by atoms with Gasteiger partial charge >= 0.3 is 0 Å². The molecule has 0 aliphatic heterocycles. The smallest absolute Gasteiger partial charge is 0.264 e. The van der Waals surface area contributed by atoms with Gasteiger partial charge in [0.2, 0.25) is 5.91 Å². The molecule has 0 bridgehead atoms. The maximum absolute atomic E-state index is 13.8. The van der Waals surface area contributed by atoms with Gasteiger partial charge in [-0.05, 0) is 54.6 Å². The number of carbonyl (C=O) groups is 2. The maximum atomic E-state index is 13.8. The van der Waals surface area contributed by atoms with Crippen molar-refractivity contribution in [1.82, 2.24) is 0 Å². The van der Waals surface area contributed by atoms with Crippen LogP contribution in [0.3, 0.4) is 0 Å². The fraction of sp³-hybridized carbons (Fsp3) is 0.0909. The van der Waals surface area contributed by atoms with Crippen LogP contribution in [0.4, 0.5) is 21.5 Å². The summed E-state index contributed by atoms with van der Waals surface area (Å²) < 4.78 is 40.9. The Bertz CT molecular complexity index is 1300. The Hall–Kier alpha value is -3.43. The van der Waals surface area contributed by atoms with E-state index < -0.39 is 27.7 Å². The monoisotopic (exact) mass is 475 g/mol. The normalized spacial score (nSPS) is 11.0. The van der Waals surface area contributed by atoms with Gasteiger partial charge in [0.25, 0.3) is 15.9 Å². The van der Waals surface area contributed by atoms with E-state index in [1.165, 1.54) is 56.4 Å². The minimum absolute atomic E-state index is 0.0796. The summed E-state index contributed by atoms with van der Waals surface area (Å²) in [7, 11) is -2.58. The predicted molar refractivity (Wildman–Crippen MR) is 122 cm³/mol. The SMILES string of the molecule is CC(=O)Nc1cc(NC(=O)c2cccc(S(=O)(=O)N(C)c3cccc(Cl)c3)c2)ccc1F. The Morgan fingerprint density at radius 1 is 0.969 bits per heavy atom. The molecule has 10 heteroatoms. The molecule has 32 heavy (non-hydrogen) atoms. The molecule has 3 rings (SSSR count). The third-order valence-corrected chi connectivity index (χ3v) is 6.48. The zero-order valence-electron chi connectivity index (χ0n) is 17.1. The van der Waals surface area contributed by atoms with Crippen molar-refractivity contribution in [3.63, 3.8) is 0 Å². The topological polar surface area (TPSA) is 95.6 Å². The minimum atomic E-state index is -3.97. The second-order valence-electron chi connectivity index (χ2n) is 6.81. The van der Waals surface area contributed by atoms with Crippen LogP contribution in [-0.4, -0.2) is 27.3 Å². The van der Waals surface area contributed by atoms with Gasteiger partial charge in [-0.2, -0.15) is 0 Å². The van der Waals surface area contributed by atoms with Gasteiger partial charge in [0.1, 0.15) is 5.82 Å². The van der Waals surface area contributed by atoms with E-state index in [2.05, 4.69) is 10.6 Å². The van der Waals surface area contributed by atoms with E-state index in [1.807, 2.05) is 0 Å². The largest absolute Gasteiger partial charge is 0.324 e. The number of rotatable bonds is 6. The van der Waals surface area contributed by atoms with Crippen molar-refractivity contribution in [2.24, 2.45) is 0 Å². The number of benzene rings is 3. The first-order chi connectivity index (χ1) is 15.1. The summed E-state index contributed by atoms with van der Waals surface area (Å²) in [6.45, 7) is 1.23. The van der Waals surface area contributed by atoms with E-state index in [-0.39, 0.29) is 21.8 Å². The molecule has 0 fully saturated rings.